The maximum Gasteiger partial charge on any atom is 0.435 e. The van der Waals surface area contributed by atoms with E-state index in [1.54, 1.807) is 59.3 Å². The first-order chi connectivity index (χ1) is 24.1. The molecule has 1 heterocycles. The van der Waals surface area contributed by atoms with Gasteiger partial charge < -0.3 is 14.7 Å². The van der Waals surface area contributed by atoms with E-state index in [4.69, 9.17) is 14.3 Å². The monoisotopic (exact) mass is 732 g/mol. The highest BCUT2D eigenvalue weighted by Gasteiger charge is 2.35. The number of carbonyl (C=O) groups is 2. The minimum absolute atomic E-state index is 0.120. The number of alkyl halides is 3. The van der Waals surface area contributed by atoms with Gasteiger partial charge in [-0.25, -0.2) is 27.4 Å². The van der Waals surface area contributed by atoms with E-state index in [0.29, 0.717) is 30.4 Å². The van der Waals surface area contributed by atoms with Gasteiger partial charge in [0.05, 0.1) is 47.0 Å². The molecule has 0 aliphatic carbocycles. The number of unbranched alkanes of at least 4 members (excludes halogenated alkanes) is 2. The average Bonchev–Trinajstić information content (AvgIpc) is 3.56. The van der Waals surface area contributed by atoms with Gasteiger partial charge >= 0.3 is 18.2 Å². The largest absolute Gasteiger partial charge is 0.569 e. The van der Waals surface area contributed by atoms with Crippen LogP contribution in [0.25, 0.3) is 16.9 Å². The second-order valence-electron chi connectivity index (χ2n) is 11.1. The number of carbonyl (C=O) groups excluding carboxylic acids is 2. The van der Waals surface area contributed by atoms with E-state index in [-0.39, 0.29) is 34.4 Å². The Balaban J connectivity index is 1.21. The number of aryl methyl sites for hydroxylation is 1. The van der Waals surface area contributed by atoms with E-state index in [2.05, 4.69) is 10.4 Å². The minimum atomic E-state index is -4.71. The summed E-state index contributed by atoms with van der Waals surface area (Å²) < 4.78 is 78.9. The fourth-order valence-electron chi connectivity index (χ4n) is 4.46. The molecule has 4 rings (SSSR count). The van der Waals surface area contributed by atoms with Crippen LogP contribution in [-0.2, 0) is 30.5 Å². The second kappa shape index (κ2) is 16.8. The van der Waals surface area contributed by atoms with E-state index in [1.807, 2.05) is 6.92 Å². The van der Waals surface area contributed by atoms with Crippen molar-refractivity contribution in [3.8, 4) is 16.9 Å². The fraction of sp³-hybridized carbons (Fsp3) is 0.303. The van der Waals surface area contributed by atoms with Gasteiger partial charge in [-0.3, -0.25) is 4.84 Å². The molecular formula is C33H35F3N6O8S. The number of aromatic nitrogens is 2. The smallest absolute Gasteiger partial charge is 0.435 e. The second-order valence-corrected chi connectivity index (χ2v) is 12.8. The number of sulfonamides is 1. The molecule has 18 heteroatoms. The van der Waals surface area contributed by atoms with Crippen molar-refractivity contribution in [2.45, 2.75) is 50.5 Å². The summed E-state index contributed by atoms with van der Waals surface area (Å²) in [5, 5.41) is 20.4. The third-order valence-corrected chi connectivity index (χ3v) is 8.48. The van der Waals surface area contributed by atoms with Gasteiger partial charge in [-0.2, -0.15) is 18.3 Å². The molecule has 14 nitrogen and oxygen atoms in total. The minimum Gasteiger partial charge on any atom is -0.569 e. The number of nitrogens with one attached hydrogen (secondary N) is 1. The predicted molar refractivity (Wildman–Crippen MR) is 175 cm³/mol. The van der Waals surface area contributed by atoms with Gasteiger partial charge in [0.15, 0.2) is 5.69 Å². The Morgan fingerprint density at radius 1 is 1.02 bits per heavy atom. The van der Waals surface area contributed by atoms with Gasteiger partial charge in [0, 0.05) is 12.5 Å². The van der Waals surface area contributed by atoms with Crippen LogP contribution >= 0.6 is 0 Å². The van der Waals surface area contributed by atoms with Crippen molar-refractivity contribution in [3.05, 3.63) is 107 Å². The van der Waals surface area contributed by atoms with Crippen LogP contribution in [-0.4, -0.2) is 66.7 Å². The molecule has 0 spiro atoms. The Labute approximate surface area is 291 Å². The molecule has 1 aromatic heterocycles. The van der Waals surface area contributed by atoms with Gasteiger partial charge in [0.25, 0.3) is 16.3 Å². The lowest BCUT2D eigenvalue weighted by atomic mass is 10.1. The molecule has 0 aliphatic rings. The summed E-state index contributed by atoms with van der Waals surface area (Å²) in [6, 6.07) is 20.7. The number of esters is 1. The van der Waals surface area contributed by atoms with Crippen LogP contribution in [0.3, 0.4) is 0 Å². The van der Waals surface area contributed by atoms with Crippen LogP contribution in [0.4, 0.5) is 18.0 Å². The van der Waals surface area contributed by atoms with E-state index < -0.39 is 40.2 Å². The molecule has 0 bridgehead atoms. The quantitative estimate of drug-likeness (QED) is 0.0361. The number of ether oxygens (including phenoxy) is 2. The predicted octanol–water partition coefficient (Wildman–Crippen LogP) is 6.40. The van der Waals surface area contributed by atoms with Crippen LogP contribution in [0.5, 0.6) is 0 Å². The van der Waals surface area contributed by atoms with Gasteiger partial charge in [-0.05, 0) is 68.7 Å². The molecule has 3 aromatic carbocycles. The van der Waals surface area contributed by atoms with Crippen molar-refractivity contribution in [3.63, 3.8) is 0 Å². The summed E-state index contributed by atoms with van der Waals surface area (Å²) in [5.41, 5.74) is 0.888. The average molecular weight is 733 g/mol. The third-order valence-electron chi connectivity index (χ3n) is 7.16. The normalized spacial score (nSPS) is 12.5. The summed E-state index contributed by atoms with van der Waals surface area (Å²) in [6.45, 7) is 3.36. The van der Waals surface area contributed by atoms with Crippen LogP contribution in [0.2, 0.25) is 0 Å². The molecule has 0 aliphatic heterocycles. The number of rotatable bonds is 15. The standard InChI is InChI=1S/C33H35F3N6O8S/c1-23-12-14-25(15-13-23)29-22-30(33(34,35)36)37-41(29)27-16-18-28(19-17-27)51(46,47)38-32(44)48-21-9-5-8-20-40(3)42(45)39-50-24(2)49-31(43)26-10-6-4-7-11-26/h4,6-7,10-19,22,24H,5,8-9,20-21H2,1-3H3,(H,38,44). The zero-order valence-corrected chi connectivity index (χ0v) is 28.6. The van der Waals surface area contributed by atoms with E-state index in [9.17, 15) is 36.4 Å². The molecule has 0 saturated heterocycles. The SMILES string of the molecule is Cc1ccc(-c2cc(C(F)(F)F)nn2-c2ccc(S(=O)(=O)NC(=O)OCCCCCN(C)[N+]([O-])=NOC(C)OC(=O)c3ccccc3)cc2)cc1. The lowest BCUT2D eigenvalue weighted by Gasteiger charge is -2.14. The number of hydrogen-bond acceptors (Lipinski definition) is 10. The van der Waals surface area contributed by atoms with Gasteiger partial charge in [0.1, 0.15) is 0 Å². The zero-order valence-electron chi connectivity index (χ0n) is 27.7. The molecular weight excluding hydrogens is 697 g/mol. The molecule has 1 N–H and O–H groups in total. The molecule has 1 unspecified atom stereocenters. The molecule has 0 radical (unpaired) electrons. The number of benzene rings is 3. The molecule has 51 heavy (non-hydrogen) atoms. The van der Waals surface area contributed by atoms with Gasteiger partial charge in [0.2, 0.25) is 5.28 Å². The molecule has 1 amide bonds. The Hall–Kier alpha value is -5.65. The molecule has 4 aromatic rings. The number of nitrogens with zero attached hydrogens (tertiary/aromatic N) is 5. The van der Waals surface area contributed by atoms with Gasteiger partial charge in [-0.1, -0.05) is 48.0 Å². The van der Waals surface area contributed by atoms with Gasteiger partial charge in [-0.15, -0.1) is 5.01 Å². The molecule has 272 valence electrons. The van der Waals surface area contributed by atoms with Crippen molar-refractivity contribution in [2.75, 3.05) is 20.2 Å². The summed E-state index contributed by atoms with van der Waals surface area (Å²) >= 11 is 0. The van der Waals surface area contributed by atoms with Crippen molar-refractivity contribution >= 4 is 22.1 Å². The summed E-state index contributed by atoms with van der Waals surface area (Å²) in [6.07, 6.45) is -5.72. The topological polar surface area (TPSA) is 167 Å². The number of amides is 1. The highest BCUT2D eigenvalue weighted by Crippen LogP contribution is 2.33. The highest BCUT2D eigenvalue weighted by atomic mass is 32.2. The lowest BCUT2D eigenvalue weighted by molar-refractivity contribution is -0.707. The summed E-state index contributed by atoms with van der Waals surface area (Å²) in [7, 11) is -2.92. The number of hydrazine groups is 1. The highest BCUT2D eigenvalue weighted by molar-refractivity contribution is 7.90. The van der Waals surface area contributed by atoms with Crippen LogP contribution < -0.4 is 4.72 Å². The summed E-state index contributed by atoms with van der Waals surface area (Å²) in [4.78, 5) is 29.0. The maximum atomic E-state index is 13.5. The first-order valence-electron chi connectivity index (χ1n) is 15.5. The Morgan fingerprint density at radius 3 is 2.33 bits per heavy atom. The molecule has 0 fully saturated rings. The van der Waals surface area contributed by atoms with Crippen molar-refractivity contribution in [2.24, 2.45) is 5.28 Å². The Kier molecular flexibility index (Phi) is 12.6. The lowest BCUT2D eigenvalue weighted by Crippen LogP contribution is -2.31. The molecule has 1 atom stereocenters. The van der Waals surface area contributed by atoms with Crippen molar-refractivity contribution in [1.82, 2.24) is 19.5 Å². The summed E-state index contributed by atoms with van der Waals surface area (Å²) in [5.74, 6) is -0.640. The molecule has 0 saturated carbocycles. The Morgan fingerprint density at radius 2 is 1.69 bits per heavy atom. The van der Waals surface area contributed by atoms with E-state index >= 15 is 0 Å². The number of hydrogen-bond donors (Lipinski definition) is 1. The zero-order chi connectivity index (χ0) is 37.2. The Bertz CT molecular complexity index is 1920. The van der Waals surface area contributed by atoms with Crippen LogP contribution in [0.1, 0.15) is 47.8 Å². The van der Waals surface area contributed by atoms with Crippen molar-refractivity contribution in [1.29, 1.82) is 0 Å². The first kappa shape index (κ1) is 38.2. The number of halogens is 3. The van der Waals surface area contributed by atoms with Crippen LogP contribution in [0, 0.1) is 12.1 Å². The first-order valence-corrected chi connectivity index (χ1v) is 17.0. The maximum absolute atomic E-state index is 13.5. The van der Waals surface area contributed by atoms with E-state index in [1.165, 1.54) is 31.1 Å². The van der Waals surface area contributed by atoms with Crippen LogP contribution in [0.15, 0.2) is 95.1 Å². The fourth-order valence-corrected chi connectivity index (χ4v) is 5.36. The van der Waals surface area contributed by atoms with Crippen molar-refractivity contribution < 1.29 is 50.5 Å². The van der Waals surface area contributed by atoms with E-state index in [0.717, 1.165) is 28.4 Å². The third kappa shape index (κ3) is 10.9.